The molecule has 0 saturated heterocycles. The van der Waals surface area contributed by atoms with Crippen LogP contribution in [0.3, 0.4) is 0 Å². The largest absolute Gasteiger partial charge is 0.493 e. The number of benzene rings is 1. The average molecular weight is 387 g/mol. The second-order valence-electron chi connectivity index (χ2n) is 5.07. The Morgan fingerprint density at radius 3 is 2.00 bits per heavy atom. The molecule has 0 unspecified atom stereocenters. The molecule has 9 nitrogen and oxygen atoms in total. The summed E-state index contributed by atoms with van der Waals surface area (Å²) in [5.74, 6) is -2.18. The fourth-order valence-corrected chi connectivity index (χ4v) is 2.79. The van der Waals surface area contributed by atoms with Crippen LogP contribution in [0.15, 0.2) is 17.1 Å². The van der Waals surface area contributed by atoms with Gasteiger partial charge in [-0.2, -0.15) is 0 Å². The Hall–Kier alpha value is -2.62. The van der Waals surface area contributed by atoms with E-state index in [1.165, 1.54) is 40.4 Å². The summed E-state index contributed by atoms with van der Waals surface area (Å²) in [5.41, 5.74) is -0.530. The number of sulfone groups is 1. The Kier molecular flexibility index (Phi) is 7.56. The maximum Gasteiger partial charge on any atom is 0.350 e. The van der Waals surface area contributed by atoms with Gasteiger partial charge >= 0.3 is 5.97 Å². The lowest BCUT2D eigenvalue weighted by Crippen LogP contribution is -2.20. The van der Waals surface area contributed by atoms with E-state index in [1.807, 2.05) is 0 Å². The fraction of sp³-hybridized carbons (Fsp3) is 0.438. The molecule has 0 radical (unpaired) electrons. The second kappa shape index (κ2) is 9.18. The highest BCUT2D eigenvalue weighted by atomic mass is 32.2. The maximum absolute atomic E-state index is 12.3. The van der Waals surface area contributed by atoms with Gasteiger partial charge in [0.05, 0.1) is 27.1 Å². The molecule has 0 aliphatic rings. The molecular formula is C16H21NO8S. The van der Waals surface area contributed by atoms with Crippen LogP contribution in [0.2, 0.25) is 0 Å². The minimum Gasteiger partial charge on any atom is -0.493 e. The van der Waals surface area contributed by atoms with Gasteiger partial charge in [0.2, 0.25) is 5.75 Å². The quantitative estimate of drug-likeness (QED) is 0.626. The number of hydrogen-bond donors (Lipinski definition) is 1. The first-order chi connectivity index (χ1) is 12.2. The number of carbonyl (C=O) groups is 2. The molecule has 1 aromatic carbocycles. The van der Waals surface area contributed by atoms with Crippen LogP contribution in [0.1, 0.15) is 23.7 Å². The molecule has 0 spiro atoms. The van der Waals surface area contributed by atoms with Gasteiger partial charge in [0, 0.05) is 17.7 Å². The van der Waals surface area contributed by atoms with Crippen molar-refractivity contribution >= 4 is 27.4 Å². The summed E-state index contributed by atoms with van der Waals surface area (Å²) in [4.78, 5) is 27.2. The van der Waals surface area contributed by atoms with Gasteiger partial charge in [-0.3, -0.25) is 4.79 Å². The summed E-state index contributed by atoms with van der Waals surface area (Å²) in [6.07, 6.45) is -0.373. The highest BCUT2D eigenvalue weighted by Gasteiger charge is 2.20. The van der Waals surface area contributed by atoms with Gasteiger partial charge in [-0.1, -0.05) is 6.92 Å². The lowest BCUT2D eigenvalue weighted by molar-refractivity contribution is -0.129. The van der Waals surface area contributed by atoms with Crippen molar-refractivity contribution in [1.29, 1.82) is 0 Å². The molecule has 1 rings (SSSR count). The van der Waals surface area contributed by atoms with E-state index in [0.29, 0.717) is 0 Å². The predicted molar refractivity (Wildman–Crippen MR) is 94.4 cm³/mol. The van der Waals surface area contributed by atoms with E-state index in [-0.39, 0.29) is 35.0 Å². The first-order valence-corrected chi connectivity index (χ1v) is 9.36. The minimum atomic E-state index is -3.39. The normalized spacial score (nSPS) is 11.8. The van der Waals surface area contributed by atoms with Gasteiger partial charge in [0.1, 0.15) is 15.5 Å². The summed E-state index contributed by atoms with van der Waals surface area (Å²) in [7, 11) is 0.745. The molecule has 0 aliphatic carbocycles. The third-order valence-electron chi connectivity index (χ3n) is 3.48. The van der Waals surface area contributed by atoms with Crippen LogP contribution in [0.4, 0.5) is 0 Å². The highest BCUT2D eigenvalue weighted by Crippen LogP contribution is 2.38. The van der Waals surface area contributed by atoms with Crippen molar-refractivity contribution in [2.24, 2.45) is 4.99 Å². The first-order valence-electron chi connectivity index (χ1n) is 7.54. The van der Waals surface area contributed by atoms with Crippen LogP contribution in [-0.2, 0) is 14.6 Å². The molecule has 0 saturated carbocycles. The van der Waals surface area contributed by atoms with Crippen LogP contribution >= 0.6 is 0 Å². The number of nitrogens with zero attached hydrogens (tertiary/aromatic N) is 1. The van der Waals surface area contributed by atoms with Crippen LogP contribution in [-0.4, -0.2) is 63.9 Å². The summed E-state index contributed by atoms with van der Waals surface area (Å²) >= 11 is 0. The number of rotatable bonds is 9. The van der Waals surface area contributed by atoms with Crippen LogP contribution in [0, 0.1) is 0 Å². The molecule has 0 bridgehead atoms. The number of hydrogen-bond acceptors (Lipinski definition) is 7. The zero-order valence-corrected chi connectivity index (χ0v) is 15.8. The van der Waals surface area contributed by atoms with Gasteiger partial charge in [-0.25, -0.2) is 18.2 Å². The molecule has 144 valence electrons. The molecule has 10 heteroatoms. The molecule has 0 aromatic heterocycles. The summed E-state index contributed by atoms with van der Waals surface area (Å²) in [6.45, 7) is 1.45. The van der Waals surface area contributed by atoms with Crippen LogP contribution in [0.5, 0.6) is 17.2 Å². The first kappa shape index (κ1) is 21.4. The number of amides is 1. The van der Waals surface area contributed by atoms with Gasteiger partial charge in [-0.15, -0.1) is 0 Å². The molecule has 1 N–H and O–H groups in total. The smallest absolute Gasteiger partial charge is 0.350 e. The van der Waals surface area contributed by atoms with Crippen molar-refractivity contribution in [2.75, 3.05) is 32.8 Å². The van der Waals surface area contributed by atoms with Gasteiger partial charge in [0.15, 0.2) is 11.5 Å². The molecule has 1 amide bonds. The standard InChI is InChI=1S/C16H21NO8S/c1-5-26(21,22)7-6-11(16(19)20)17-15(18)10-8-12(23-2)14(25-4)13(9-10)24-3/h8-9H,5-7H2,1-4H3,(H,19,20)/b17-11+. The van der Waals surface area contributed by atoms with E-state index in [2.05, 4.69) is 4.99 Å². The van der Waals surface area contributed by atoms with E-state index in [4.69, 9.17) is 14.2 Å². The molecule has 26 heavy (non-hydrogen) atoms. The Labute approximate surface area is 151 Å². The zero-order chi connectivity index (χ0) is 19.9. The van der Waals surface area contributed by atoms with E-state index in [0.717, 1.165) is 0 Å². The van der Waals surface area contributed by atoms with Crippen LogP contribution in [0.25, 0.3) is 0 Å². The van der Waals surface area contributed by atoms with Gasteiger partial charge in [-0.05, 0) is 12.1 Å². The minimum absolute atomic E-state index is 0.0107. The number of carboxylic acids is 1. The number of aliphatic imine (C=N–C) groups is 1. The number of aliphatic carboxylic acids is 1. The van der Waals surface area contributed by atoms with Gasteiger partial charge in [0.25, 0.3) is 5.91 Å². The Morgan fingerprint density at radius 1 is 1.08 bits per heavy atom. The molecule has 0 aliphatic heterocycles. The third kappa shape index (κ3) is 5.45. The molecule has 1 aromatic rings. The number of carboxylic acid groups (broad SMARTS) is 1. The summed E-state index contributed by atoms with van der Waals surface area (Å²) in [6, 6.07) is 2.66. The average Bonchev–Trinajstić information content (AvgIpc) is 2.63. The van der Waals surface area contributed by atoms with Crippen molar-refractivity contribution in [3.63, 3.8) is 0 Å². The van der Waals surface area contributed by atoms with Crippen molar-refractivity contribution in [3.05, 3.63) is 17.7 Å². The Balaban J connectivity index is 3.23. The Bertz CT molecular complexity index is 789. The number of ether oxygens (including phenoxy) is 3. The summed E-state index contributed by atoms with van der Waals surface area (Å²) < 4.78 is 38.5. The van der Waals surface area contributed by atoms with E-state index in [1.54, 1.807) is 0 Å². The monoisotopic (exact) mass is 387 g/mol. The highest BCUT2D eigenvalue weighted by molar-refractivity contribution is 7.91. The predicted octanol–water partition coefficient (Wildman–Crippen LogP) is 1.20. The SMILES string of the molecule is CCS(=O)(=O)CC/C(=N\C(=O)c1cc(OC)c(OC)c(OC)c1)C(=O)O. The lowest BCUT2D eigenvalue weighted by Gasteiger charge is -2.13. The zero-order valence-electron chi connectivity index (χ0n) is 14.9. The van der Waals surface area contributed by atoms with E-state index in [9.17, 15) is 23.1 Å². The van der Waals surface area contributed by atoms with Crippen molar-refractivity contribution < 1.29 is 37.3 Å². The molecular weight excluding hydrogens is 366 g/mol. The fourth-order valence-electron chi connectivity index (χ4n) is 2.00. The molecule has 0 heterocycles. The van der Waals surface area contributed by atoms with Gasteiger partial charge < -0.3 is 19.3 Å². The van der Waals surface area contributed by atoms with Crippen molar-refractivity contribution in [1.82, 2.24) is 0 Å². The van der Waals surface area contributed by atoms with Crippen molar-refractivity contribution in [3.8, 4) is 17.2 Å². The molecule has 0 fully saturated rings. The van der Waals surface area contributed by atoms with E-state index >= 15 is 0 Å². The van der Waals surface area contributed by atoms with Crippen LogP contribution < -0.4 is 14.2 Å². The number of methoxy groups -OCH3 is 3. The second-order valence-corrected chi connectivity index (χ2v) is 7.54. The number of carbonyl (C=O) groups excluding carboxylic acids is 1. The molecule has 0 atom stereocenters. The van der Waals surface area contributed by atoms with E-state index < -0.39 is 33.2 Å². The third-order valence-corrected chi connectivity index (χ3v) is 5.19. The Morgan fingerprint density at radius 2 is 1.62 bits per heavy atom. The lowest BCUT2D eigenvalue weighted by atomic mass is 10.1. The summed E-state index contributed by atoms with van der Waals surface area (Å²) in [5, 5.41) is 9.18. The van der Waals surface area contributed by atoms with Crippen molar-refractivity contribution in [2.45, 2.75) is 13.3 Å². The maximum atomic E-state index is 12.3. The topological polar surface area (TPSA) is 129 Å².